The second-order valence-electron chi connectivity index (χ2n) is 10.3. The molecule has 0 N–H and O–H groups in total. The van der Waals surface area contributed by atoms with Crippen LogP contribution in [0.5, 0.6) is 0 Å². The van der Waals surface area contributed by atoms with Crippen molar-refractivity contribution in [1.82, 2.24) is 15.0 Å². The van der Waals surface area contributed by atoms with Gasteiger partial charge in [0.2, 0.25) is 0 Å². The Hall–Kier alpha value is -5.23. The predicted octanol–water partition coefficient (Wildman–Crippen LogP) is 11.3. The smallest absolute Gasteiger partial charge is 0.164 e. The van der Waals surface area contributed by atoms with E-state index in [2.05, 4.69) is 18.2 Å². The fraction of sp³-hybridized carbons (Fsp3) is 0. The molecule has 0 atom stereocenters. The number of aromatic nitrogens is 3. The van der Waals surface area contributed by atoms with E-state index in [-0.39, 0.29) is 53.0 Å². The van der Waals surface area contributed by atoms with E-state index in [0.717, 1.165) is 31.3 Å². The van der Waals surface area contributed by atoms with Crippen molar-refractivity contribution in [3.63, 3.8) is 0 Å². The number of thiophene rings is 2. The van der Waals surface area contributed by atoms with Crippen LogP contribution in [0.15, 0.2) is 139 Å². The largest absolute Gasteiger partial charge is 0.208 e. The number of hydrogen-bond donors (Lipinski definition) is 0. The standard InChI is InChI=1S/C39H23N3S2/c1-3-11-24(12-4-1)27-16-9-17-29-28-22-21-26(23-34(28)44-36(27)29)38-40-37(25-13-5-2-6-14-25)41-39(42-38)31-18-10-20-33-35(31)30-15-7-8-19-32(30)43-33/h1-23H/i9D,16D,17D,21D,22D,23D. The third kappa shape index (κ3) is 4.13. The van der Waals surface area contributed by atoms with Crippen LogP contribution in [0.1, 0.15) is 8.22 Å². The van der Waals surface area contributed by atoms with Crippen LogP contribution in [0.3, 0.4) is 0 Å². The van der Waals surface area contributed by atoms with Gasteiger partial charge in [-0.1, -0.05) is 121 Å². The van der Waals surface area contributed by atoms with Gasteiger partial charge in [-0.3, -0.25) is 0 Å². The van der Waals surface area contributed by atoms with Crippen LogP contribution in [0.25, 0.3) is 85.6 Å². The van der Waals surface area contributed by atoms with E-state index in [4.69, 9.17) is 19.1 Å². The van der Waals surface area contributed by atoms with Crippen molar-refractivity contribution in [2.75, 3.05) is 0 Å². The van der Waals surface area contributed by atoms with Crippen molar-refractivity contribution in [2.45, 2.75) is 0 Å². The summed E-state index contributed by atoms with van der Waals surface area (Å²) in [6.45, 7) is 0. The molecule has 206 valence electrons. The summed E-state index contributed by atoms with van der Waals surface area (Å²) in [4.78, 5) is 14.7. The summed E-state index contributed by atoms with van der Waals surface area (Å²) in [5, 5.41) is 2.65. The van der Waals surface area contributed by atoms with Crippen LogP contribution in [-0.2, 0) is 0 Å². The minimum Gasteiger partial charge on any atom is -0.208 e. The first-order valence-corrected chi connectivity index (χ1v) is 15.7. The lowest BCUT2D eigenvalue weighted by Crippen LogP contribution is -2.00. The fourth-order valence-electron chi connectivity index (χ4n) is 5.62. The highest BCUT2D eigenvalue weighted by atomic mass is 32.1. The molecule has 3 heterocycles. The van der Waals surface area contributed by atoms with E-state index in [9.17, 15) is 4.11 Å². The maximum absolute atomic E-state index is 9.52. The number of nitrogens with zero attached hydrogens (tertiary/aromatic N) is 3. The molecule has 3 nitrogen and oxygen atoms in total. The average molecular weight is 604 g/mol. The second-order valence-corrected chi connectivity index (χ2v) is 12.4. The van der Waals surface area contributed by atoms with E-state index >= 15 is 0 Å². The van der Waals surface area contributed by atoms with Gasteiger partial charge in [-0.25, -0.2) is 15.0 Å². The summed E-state index contributed by atoms with van der Waals surface area (Å²) in [6.07, 6.45) is 0. The molecule has 9 aromatic rings. The molecule has 6 aromatic carbocycles. The summed E-state index contributed by atoms with van der Waals surface area (Å²) in [5.41, 5.74) is 2.80. The summed E-state index contributed by atoms with van der Waals surface area (Å²) < 4.78 is 57.5. The minimum absolute atomic E-state index is 0.0472. The second kappa shape index (κ2) is 10.2. The van der Waals surface area contributed by atoms with Gasteiger partial charge in [-0.05, 0) is 29.3 Å². The molecule has 5 heteroatoms. The van der Waals surface area contributed by atoms with Gasteiger partial charge in [-0.2, -0.15) is 0 Å². The Balaban J connectivity index is 1.36. The maximum atomic E-state index is 9.52. The van der Waals surface area contributed by atoms with Gasteiger partial charge in [0.25, 0.3) is 0 Å². The van der Waals surface area contributed by atoms with Gasteiger partial charge < -0.3 is 0 Å². The molecule has 0 aliphatic rings. The van der Waals surface area contributed by atoms with Crippen molar-refractivity contribution < 1.29 is 8.22 Å². The molecule has 0 bridgehead atoms. The first kappa shape index (κ1) is 19.9. The van der Waals surface area contributed by atoms with Gasteiger partial charge in [-0.15, -0.1) is 22.7 Å². The Morgan fingerprint density at radius 3 is 2.00 bits per heavy atom. The Bertz CT molecular complexity index is 2840. The van der Waals surface area contributed by atoms with Crippen molar-refractivity contribution in [3.05, 3.63) is 139 Å². The lowest BCUT2D eigenvalue weighted by molar-refractivity contribution is 1.08. The summed E-state index contributed by atoms with van der Waals surface area (Å²) >= 11 is 2.89. The molecule has 0 spiro atoms. The zero-order chi connectivity index (χ0) is 34.3. The minimum atomic E-state index is -0.262. The normalized spacial score (nSPS) is 13.5. The molecular weight excluding hydrogens is 575 g/mol. The third-order valence-corrected chi connectivity index (χ3v) is 9.92. The van der Waals surface area contributed by atoms with Crippen molar-refractivity contribution in [3.8, 4) is 45.3 Å². The first-order chi connectivity index (χ1) is 24.3. The van der Waals surface area contributed by atoms with Crippen molar-refractivity contribution in [2.24, 2.45) is 0 Å². The zero-order valence-corrected chi connectivity index (χ0v) is 24.6. The van der Waals surface area contributed by atoms with Crippen LogP contribution in [0.2, 0.25) is 0 Å². The van der Waals surface area contributed by atoms with Gasteiger partial charge in [0.1, 0.15) is 0 Å². The molecule has 9 rings (SSSR count). The molecular formula is C39H23N3S2. The van der Waals surface area contributed by atoms with Crippen LogP contribution >= 0.6 is 22.7 Å². The highest BCUT2D eigenvalue weighted by Gasteiger charge is 2.18. The molecule has 3 aromatic heterocycles. The maximum Gasteiger partial charge on any atom is 0.164 e. The zero-order valence-electron chi connectivity index (χ0n) is 29.0. The van der Waals surface area contributed by atoms with E-state index in [0.29, 0.717) is 37.6 Å². The van der Waals surface area contributed by atoms with Gasteiger partial charge >= 0.3 is 0 Å². The highest BCUT2D eigenvalue weighted by Crippen LogP contribution is 2.42. The summed E-state index contributed by atoms with van der Waals surface area (Å²) in [7, 11) is 0. The van der Waals surface area contributed by atoms with Crippen LogP contribution < -0.4 is 0 Å². The monoisotopic (exact) mass is 603 g/mol. The lowest BCUT2D eigenvalue weighted by Gasteiger charge is -2.09. The molecule has 0 saturated heterocycles. The van der Waals surface area contributed by atoms with E-state index in [1.807, 2.05) is 84.9 Å². The SMILES string of the molecule is [2H]c1c([2H])c([2H])c2c(sc3c([2H])c(-c4nc(-c5ccccc5)nc(-c5cccc6sc7ccccc7c56)n4)c([2H])c([2H])c32)c1-c1ccccc1. The quantitative estimate of drug-likeness (QED) is 0.201. The number of fused-ring (bicyclic) bond motifs is 6. The number of hydrogen-bond acceptors (Lipinski definition) is 5. The summed E-state index contributed by atoms with van der Waals surface area (Å²) in [5.74, 6) is 0.869. The van der Waals surface area contributed by atoms with Crippen LogP contribution in [0, 0.1) is 0 Å². The molecule has 0 radical (unpaired) electrons. The Morgan fingerprint density at radius 2 is 1.16 bits per heavy atom. The summed E-state index contributed by atoms with van der Waals surface area (Å²) in [6, 6.07) is 31.9. The molecule has 0 aliphatic carbocycles. The van der Waals surface area contributed by atoms with Crippen molar-refractivity contribution in [1.29, 1.82) is 0 Å². The third-order valence-electron chi connectivity index (χ3n) is 7.66. The predicted molar refractivity (Wildman–Crippen MR) is 187 cm³/mol. The molecule has 0 unspecified atom stereocenters. The van der Waals surface area contributed by atoms with Crippen LogP contribution in [0.4, 0.5) is 0 Å². The first-order valence-electron chi connectivity index (χ1n) is 17.1. The fourth-order valence-corrected chi connectivity index (χ4v) is 7.89. The van der Waals surface area contributed by atoms with E-state index < -0.39 is 0 Å². The van der Waals surface area contributed by atoms with Gasteiger partial charge in [0, 0.05) is 57.0 Å². The average Bonchev–Trinajstić information content (AvgIpc) is 3.74. The molecule has 44 heavy (non-hydrogen) atoms. The number of benzene rings is 6. The Morgan fingerprint density at radius 1 is 0.455 bits per heavy atom. The molecule has 0 fully saturated rings. The molecule has 0 amide bonds. The topological polar surface area (TPSA) is 38.7 Å². The number of rotatable bonds is 4. The molecule has 0 saturated carbocycles. The lowest BCUT2D eigenvalue weighted by atomic mass is 10.0. The molecule has 0 aliphatic heterocycles. The van der Waals surface area contributed by atoms with E-state index in [1.165, 1.54) is 11.3 Å². The van der Waals surface area contributed by atoms with Crippen LogP contribution in [-0.4, -0.2) is 15.0 Å². The van der Waals surface area contributed by atoms with Crippen molar-refractivity contribution >= 4 is 63.0 Å². The van der Waals surface area contributed by atoms with E-state index in [1.54, 1.807) is 11.3 Å². The Labute approximate surface area is 270 Å². The highest BCUT2D eigenvalue weighted by molar-refractivity contribution is 7.26. The van der Waals surface area contributed by atoms with Gasteiger partial charge in [0.15, 0.2) is 17.5 Å². The Kier molecular flexibility index (Phi) is 4.60. The van der Waals surface area contributed by atoms with Gasteiger partial charge in [0.05, 0.1) is 8.22 Å².